The van der Waals surface area contributed by atoms with E-state index in [1.54, 1.807) is 53.3 Å². The first kappa shape index (κ1) is 18.1. The zero-order valence-electron chi connectivity index (χ0n) is 14.7. The molecule has 3 aromatic rings. The highest BCUT2D eigenvalue weighted by atomic mass is 32.2. The smallest absolute Gasteiger partial charge is 0.264 e. The van der Waals surface area contributed by atoms with Gasteiger partial charge in [0.2, 0.25) is 16.1 Å². The Hall–Kier alpha value is -3.27. The van der Waals surface area contributed by atoms with E-state index in [1.807, 2.05) is 6.07 Å². The molecule has 10 heteroatoms. The van der Waals surface area contributed by atoms with Gasteiger partial charge in [-0.05, 0) is 30.3 Å². The van der Waals surface area contributed by atoms with Gasteiger partial charge in [0, 0.05) is 18.9 Å². The monoisotopic (exact) mass is 402 g/mol. The van der Waals surface area contributed by atoms with Gasteiger partial charge < -0.3 is 14.8 Å². The van der Waals surface area contributed by atoms with Gasteiger partial charge in [0.15, 0.2) is 11.5 Å². The lowest BCUT2D eigenvalue weighted by molar-refractivity contribution is -0.130. The van der Waals surface area contributed by atoms with Crippen molar-refractivity contribution in [3.63, 3.8) is 0 Å². The summed E-state index contributed by atoms with van der Waals surface area (Å²) in [6.07, 6.45) is 2.46. The van der Waals surface area contributed by atoms with E-state index in [4.69, 9.17) is 9.47 Å². The van der Waals surface area contributed by atoms with E-state index in [0.717, 1.165) is 5.52 Å². The Morgan fingerprint density at radius 3 is 2.89 bits per heavy atom. The van der Waals surface area contributed by atoms with Crippen LogP contribution in [0.5, 0.6) is 11.5 Å². The van der Waals surface area contributed by atoms with Crippen LogP contribution in [0.1, 0.15) is 0 Å². The number of carbonyl (C=O) groups excluding carboxylic acids is 1. The first-order valence-electron chi connectivity index (χ1n) is 8.60. The number of rotatable bonds is 6. The van der Waals surface area contributed by atoms with Crippen LogP contribution in [-0.4, -0.2) is 48.9 Å². The highest BCUT2D eigenvalue weighted by Crippen LogP contribution is 2.30. The summed E-state index contributed by atoms with van der Waals surface area (Å²) in [6.45, 7) is 0.0177. The molecule has 0 bridgehead atoms. The minimum absolute atomic E-state index is 0.0510. The van der Waals surface area contributed by atoms with Crippen molar-refractivity contribution in [2.24, 2.45) is 0 Å². The summed E-state index contributed by atoms with van der Waals surface area (Å²) in [4.78, 5) is 12.2. The molecule has 0 spiro atoms. The van der Waals surface area contributed by atoms with Crippen molar-refractivity contribution in [3.8, 4) is 11.5 Å². The lowest BCUT2D eigenvalue weighted by Crippen LogP contribution is -2.45. The predicted molar refractivity (Wildman–Crippen MR) is 102 cm³/mol. The van der Waals surface area contributed by atoms with Crippen molar-refractivity contribution in [3.05, 3.63) is 54.9 Å². The SMILES string of the molecule is O=C(NCCS(=O)(=O)Nc1ccn2nccc2c1)C1COc2ccccc2O1. The van der Waals surface area contributed by atoms with E-state index in [1.165, 1.54) is 0 Å². The van der Waals surface area contributed by atoms with E-state index in [0.29, 0.717) is 17.2 Å². The second kappa shape index (κ2) is 7.39. The summed E-state index contributed by atoms with van der Waals surface area (Å²) < 4.78 is 39.7. The van der Waals surface area contributed by atoms with Gasteiger partial charge in [-0.1, -0.05) is 12.1 Å². The fourth-order valence-corrected chi connectivity index (χ4v) is 3.75. The number of hydrogen-bond donors (Lipinski definition) is 2. The van der Waals surface area contributed by atoms with Gasteiger partial charge in [-0.15, -0.1) is 0 Å². The number of aromatic nitrogens is 2. The molecule has 0 aliphatic carbocycles. The Labute approximate surface area is 161 Å². The number of nitrogens with one attached hydrogen (secondary N) is 2. The van der Waals surface area contributed by atoms with E-state index in [9.17, 15) is 13.2 Å². The predicted octanol–water partition coefficient (Wildman–Crippen LogP) is 1.03. The van der Waals surface area contributed by atoms with Crippen molar-refractivity contribution in [2.75, 3.05) is 23.6 Å². The number of sulfonamides is 1. The molecule has 2 aromatic heterocycles. The van der Waals surface area contributed by atoms with Crippen molar-refractivity contribution in [2.45, 2.75) is 6.10 Å². The van der Waals surface area contributed by atoms with Crippen molar-refractivity contribution < 1.29 is 22.7 Å². The van der Waals surface area contributed by atoms with E-state index in [-0.39, 0.29) is 18.9 Å². The molecule has 0 saturated carbocycles. The third-order valence-corrected chi connectivity index (χ3v) is 5.43. The van der Waals surface area contributed by atoms with Crippen molar-refractivity contribution in [1.82, 2.24) is 14.9 Å². The van der Waals surface area contributed by atoms with Crippen LogP contribution in [-0.2, 0) is 14.8 Å². The summed E-state index contributed by atoms with van der Waals surface area (Å²) in [5.41, 5.74) is 1.20. The molecule has 1 aromatic carbocycles. The lowest BCUT2D eigenvalue weighted by Gasteiger charge is -2.25. The second-order valence-corrected chi connectivity index (χ2v) is 8.03. The molecule has 1 amide bonds. The summed E-state index contributed by atoms with van der Waals surface area (Å²) in [6, 6.07) is 12.1. The molecule has 28 heavy (non-hydrogen) atoms. The van der Waals surface area contributed by atoms with Crippen LogP contribution in [0.2, 0.25) is 0 Å². The fraction of sp³-hybridized carbons (Fsp3) is 0.222. The van der Waals surface area contributed by atoms with Gasteiger partial charge in [0.25, 0.3) is 5.91 Å². The minimum Gasteiger partial charge on any atom is -0.485 e. The number of carbonyl (C=O) groups is 1. The first-order valence-corrected chi connectivity index (χ1v) is 10.3. The van der Waals surface area contributed by atoms with Crippen LogP contribution < -0.4 is 19.5 Å². The van der Waals surface area contributed by atoms with Gasteiger partial charge in [-0.2, -0.15) is 5.10 Å². The first-order chi connectivity index (χ1) is 13.5. The maximum Gasteiger partial charge on any atom is 0.264 e. The highest BCUT2D eigenvalue weighted by Gasteiger charge is 2.27. The average Bonchev–Trinajstić information content (AvgIpc) is 3.15. The molecule has 4 rings (SSSR count). The van der Waals surface area contributed by atoms with Crippen LogP contribution in [0.25, 0.3) is 5.52 Å². The van der Waals surface area contributed by atoms with E-state index >= 15 is 0 Å². The maximum atomic E-state index is 12.3. The third kappa shape index (κ3) is 4.01. The Morgan fingerprint density at radius 1 is 1.21 bits per heavy atom. The summed E-state index contributed by atoms with van der Waals surface area (Å²) in [7, 11) is -3.63. The highest BCUT2D eigenvalue weighted by molar-refractivity contribution is 7.92. The lowest BCUT2D eigenvalue weighted by atomic mass is 10.2. The maximum absolute atomic E-state index is 12.3. The Bertz CT molecular complexity index is 1110. The number of anilines is 1. The number of hydrogen-bond acceptors (Lipinski definition) is 6. The normalized spacial score (nSPS) is 15.9. The summed E-state index contributed by atoms with van der Waals surface area (Å²) in [5, 5.41) is 6.63. The van der Waals surface area contributed by atoms with Crippen LogP contribution in [0, 0.1) is 0 Å². The fourth-order valence-electron chi connectivity index (χ4n) is 2.79. The largest absolute Gasteiger partial charge is 0.485 e. The van der Waals surface area contributed by atoms with Gasteiger partial charge >= 0.3 is 0 Å². The van der Waals surface area contributed by atoms with E-state index in [2.05, 4.69) is 15.1 Å². The average molecular weight is 402 g/mol. The molecule has 9 nitrogen and oxygen atoms in total. The Balaban J connectivity index is 1.29. The second-order valence-electron chi connectivity index (χ2n) is 6.19. The molecule has 1 aliphatic heterocycles. The minimum atomic E-state index is -3.63. The topological polar surface area (TPSA) is 111 Å². The van der Waals surface area contributed by atoms with Crippen LogP contribution >= 0.6 is 0 Å². The molecule has 146 valence electrons. The summed E-state index contributed by atoms with van der Waals surface area (Å²) >= 11 is 0. The van der Waals surface area contributed by atoms with Crippen LogP contribution in [0.15, 0.2) is 54.9 Å². The number of amides is 1. The molecule has 1 atom stereocenters. The zero-order valence-corrected chi connectivity index (χ0v) is 15.6. The Kier molecular flexibility index (Phi) is 4.78. The quantitative estimate of drug-likeness (QED) is 0.637. The standard InChI is InChI=1S/C18H18N4O5S/c23-18(17-12-26-15-3-1-2-4-16(15)27-17)19-8-10-28(24,25)21-13-6-9-22-14(11-13)5-7-20-22/h1-7,9,11,17,21H,8,10,12H2,(H,19,23). The number of para-hydroxylation sites is 2. The Morgan fingerprint density at radius 2 is 2.04 bits per heavy atom. The molecule has 0 saturated heterocycles. The molecule has 1 unspecified atom stereocenters. The number of ether oxygens (including phenoxy) is 2. The van der Waals surface area contributed by atoms with Gasteiger partial charge in [-0.25, -0.2) is 12.9 Å². The third-order valence-electron chi connectivity index (χ3n) is 4.14. The number of benzene rings is 1. The van der Waals surface area contributed by atoms with Crippen LogP contribution in [0.3, 0.4) is 0 Å². The number of fused-ring (bicyclic) bond motifs is 2. The van der Waals surface area contributed by atoms with Crippen molar-refractivity contribution >= 4 is 27.1 Å². The molecule has 3 heterocycles. The van der Waals surface area contributed by atoms with Crippen LogP contribution in [0.4, 0.5) is 5.69 Å². The number of nitrogens with zero attached hydrogens (tertiary/aromatic N) is 2. The number of pyridine rings is 1. The molecule has 0 radical (unpaired) electrons. The van der Waals surface area contributed by atoms with E-state index < -0.39 is 22.0 Å². The molecule has 2 N–H and O–H groups in total. The molecular weight excluding hydrogens is 384 g/mol. The molecular formula is C18H18N4O5S. The van der Waals surface area contributed by atoms with Gasteiger partial charge in [-0.3, -0.25) is 9.52 Å². The van der Waals surface area contributed by atoms with Gasteiger partial charge in [0.1, 0.15) is 6.61 Å². The zero-order chi connectivity index (χ0) is 19.6. The van der Waals surface area contributed by atoms with Gasteiger partial charge in [0.05, 0.1) is 17.0 Å². The molecule has 1 aliphatic rings. The molecule has 0 fully saturated rings. The summed E-state index contributed by atoms with van der Waals surface area (Å²) in [5.74, 6) is 0.366. The van der Waals surface area contributed by atoms with Crippen molar-refractivity contribution in [1.29, 1.82) is 0 Å².